The molecule has 0 unspecified atom stereocenters. The molecular weight excluding hydrogens is 574 g/mol. The van der Waals surface area contributed by atoms with Crippen LogP contribution >= 0.6 is 0 Å². The van der Waals surface area contributed by atoms with Crippen molar-refractivity contribution in [2.45, 2.75) is 0 Å². The molecule has 0 aliphatic heterocycles. The summed E-state index contributed by atoms with van der Waals surface area (Å²) in [5.41, 5.74) is 4.47. The molecule has 2 aromatic heterocycles. The number of rotatable bonds is 3. The molecule has 10 rings (SSSR count). The molecular formula is C43H25N3O. The van der Waals surface area contributed by atoms with Gasteiger partial charge in [-0.2, -0.15) is 0 Å². The van der Waals surface area contributed by atoms with Crippen LogP contribution in [0, 0.1) is 0 Å². The highest BCUT2D eigenvalue weighted by molar-refractivity contribution is 6.22. The third kappa shape index (κ3) is 4.05. The second-order valence-corrected chi connectivity index (χ2v) is 12.0. The molecule has 0 aliphatic carbocycles. The van der Waals surface area contributed by atoms with E-state index in [0.29, 0.717) is 17.5 Å². The van der Waals surface area contributed by atoms with Gasteiger partial charge in [-0.15, -0.1) is 0 Å². The summed E-state index contributed by atoms with van der Waals surface area (Å²) in [6, 6.07) is 52.8. The van der Waals surface area contributed by atoms with Crippen LogP contribution in [-0.2, 0) is 0 Å². The highest BCUT2D eigenvalue weighted by atomic mass is 16.3. The van der Waals surface area contributed by atoms with Crippen LogP contribution in [0.4, 0.5) is 0 Å². The summed E-state index contributed by atoms with van der Waals surface area (Å²) in [5.74, 6) is 1.87. The summed E-state index contributed by atoms with van der Waals surface area (Å²) in [6.45, 7) is 0. The Bertz CT molecular complexity index is 2870. The van der Waals surface area contributed by atoms with Crippen molar-refractivity contribution in [2.75, 3.05) is 0 Å². The van der Waals surface area contributed by atoms with Crippen molar-refractivity contribution in [3.8, 4) is 34.2 Å². The lowest BCUT2D eigenvalue weighted by Crippen LogP contribution is -2.01. The zero-order chi connectivity index (χ0) is 30.9. The third-order valence-corrected chi connectivity index (χ3v) is 9.28. The molecule has 0 fully saturated rings. The van der Waals surface area contributed by atoms with E-state index in [1.165, 1.54) is 26.9 Å². The smallest absolute Gasteiger partial charge is 0.164 e. The predicted octanol–water partition coefficient (Wildman–Crippen LogP) is 11.4. The van der Waals surface area contributed by atoms with Gasteiger partial charge in [-0.25, -0.2) is 15.0 Å². The van der Waals surface area contributed by atoms with Gasteiger partial charge in [0.1, 0.15) is 11.2 Å². The summed E-state index contributed by atoms with van der Waals surface area (Å²) in [7, 11) is 0. The zero-order valence-corrected chi connectivity index (χ0v) is 25.2. The molecule has 4 nitrogen and oxygen atoms in total. The fourth-order valence-electron chi connectivity index (χ4n) is 7.09. The predicted molar refractivity (Wildman–Crippen MR) is 193 cm³/mol. The number of para-hydroxylation sites is 1. The maximum atomic E-state index is 6.28. The zero-order valence-electron chi connectivity index (χ0n) is 25.2. The lowest BCUT2D eigenvalue weighted by molar-refractivity contribution is 0.669. The fourth-order valence-corrected chi connectivity index (χ4v) is 7.09. The van der Waals surface area contributed by atoms with E-state index >= 15 is 0 Å². The van der Waals surface area contributed by atoms with Gasteiger partial charge in [-0.05, 0) is 62.0 Å². The standard InChI is InChI=1S/C43H25N3O/c1-2-12-28-24-30(21-20-26(28)10-1)41-44-42(35-17-9-19-38-40(35)34-16-7-8-18-37(34)47-38)46-43(45-41)36-25-29-13-4-5-14-31(29)33-23-22-27-11-3-6-15-32(27)39(33)36/h1-25H. The second kappa shape index (κ2) is 10.1. The maximum absolute atomic E-state index is 6.28. The summed E-state index contributed by atoms with van der Waals surface area (Å²) in [4.78, 5) is 15.7. The number of fused-ring (bicyclic) bond motifs is 9. The van der Waals surface area contributed by atoms with Crippen molar-refractivity contribution >= 4 is 65.0 Å². The summed E-state index contributed by atoms with van der Waals surface area (Å²) in [5, 5.41) is 11.3. The van der Waals surface area contributed by atoms with Gasteiger partial charge in [-0.1, -0.05) is 127 Å². The highest BCUT2D eigenvalue weighted by Crippen LogP contribution is 2.40. The Hall–Kier alpha value is -6.39. The van der Waals surface area contributed by atoms with E-state index in [4.69, 9.17) is 19.4 Å². The maximum Gasteiger partial charge on any atom is 0.164 e. The second-order valence-electron chi connectivity index (χ2n) is 12.0. The van der Waals surface area contributed by atoms with Gasteiger partial charge in [0.15, 0.2) is 17.5 Å². The number of aromatic nitrogens is 3. The number of benzene rings is 8. The number of hydrogen-bond acceptors (Lipinski definition) is 4. The van der Waals surface area contributed by atoms with Crippen LogP contribution < -0.4 is 0 Å². The minimum Gasteiger partial charge on any atom is -0.456 e. The van der Waals surface area contributed by atoms with Crippen LogP contribution in [0.3, 0.4) is 0 Å². The molecule has 10 aromatic rings. The van der Waals surface area contributed by atoms with Crippen LogP contribution in [0.15, 0.2) is 156 Å². The van der Waals surface area contributed by atoms with Gasteiger partial charge < -0.3 is 4.42 Å². The van der Waals surface area contributed by atoms with Crippen LogP contribution in [0.5, 0.6) is 0 Å². The van der Waals surface area contributed by atoms with Crippen molar-refractivity contribution in [3.63, 3.8) is 0 Å². The Morgan fingerprint density at radius 3 is 1.85 bits per heavy atom. The van der Waals surface area contributed by atoms with E-state index in [1.54, 1.807) is 0 Å². The van der Waals surface area contributed by atoms with E-state index < -0.39 is 0 Å². The molecule has 0 radical (unpaired) electrons. The Labute approximate surface area is 269 Å². The van der Waals surface area contributed by atoms with E-state index in [9.17, 15) is 0 Å². The normalized spacial score (nSPS) is 11.8. The summed E-state index contributed by atoms with van der Waals surface area (Å²) >= 11 is 0. The molecule has 8 aromatic carbocycles. The lowest BCUT2D eigenvalue weighted by atomic mass is 9.92. The van der Waals surface area contributed by atoms with Crippen LogP contribution in [0.2, 0.25) is 0 Å². The minimum absolute atomic E-state index is 0.608. The number of hydrogen-bond donors (Lipinski definition) is 0. The van der Waals surface area contributed by atoms with E-state index in [0.717, 1.165) is 54.8 Å². The van der Waals surface area contributed by atoms with Gasteiger partial charge >= 0.3 is 0 Å². The topological polar surface area (TPSA) is 51.8 Å². The Morgan fingerprint density at radius 2 is 0.979 bits per heavy atom. The van der Waals surface area contributed by atoms with Crippen LogP contribution in [-0.4, -0.2) is 15.0 Å². The summed E-state index contributed by atoms with van der Waals surface area (Å²) < 4.78 is 6.28. The molecule has 0 N–H and O–H groups in total. The van der Waals surface area contributed by atoms with Crippen molar-refractivity contribution in [2.24, 2.45) is 0 Å². The molecule has 2 heterocycles. The Morgan fingerprint density at radius 1 is 0.340 bits per heavy atom. The van der Waals surface area contributed by atoms with E-state index in [1.807, 2.05) is 30.3 Å². The molecule has 0 amide bonds. The first-order chi connectivity index (χ1) is 23.3. The molecule has 4 heteroatoms. The third-order valence-electron chi connectivity index (χ3n) is 9.28. The van der Waals surface area contributed by atoms with Crippen molar-refractivity contribution in [1.82, 2.24) is 15.0 Å². The van der Waals surface area contributed by atoms with Gasteiger partial charge in [0, 0.05) is 32.8 Å². The van der Waals surface area contributed by atoms with Gasteiger partial charge in [0.25, 0.3) is 0 Å². The quantitative estimate of drug-likeness (QED) is 0.190. The molecule has 0 bridgehead atoms. The molecule has 0 atom stereocenters. The first-order valence-electron chi connectivity index (χ1n) is 15.8. The molecule has 47 heavy (non-hydrogen) atoms. The Balaban J connectivity index is 1.33. The average Bonchev–Trinajstić information content (AvgIpc) is 3.53. The molecule has 0 spiro atoms. The van der Waals surface area contributed by atoms with E-state index in [-0.39, 0.29) is 0 Å². The fraction of sp³-hybridized carbons (Fsp3) is 0. The SMILES string of the molecule is c1ccc2cc(-c3nc(-c4cccc5oc6ccccc6c45)nc(-c4cc5ccccc5c5ccc6ccccc6c45)n3)ccc2c1. The minimum atomic E-state index is 0.608. The Kier molecular flexibility index (Phi) is 5.54. The molecule has 0 saturated heterocycles. The largest absolute Gasteiger partial charge is 0.456 e. The average molecular weight is 600 g/mol. The molecule has 218 valence electrons. The number of furan rings is 1. The van der Waals surface area contributed by atoms with Gasteiger partial charge in [0.2, 0.25) is 0 Å². The van der Waals surface area contributed by atoms with Gasteiger partial charge in [0.05, 0.1) is 0 Å². The van der Waals surface area contributed by atoms with Gasteiger partial charge in [-0.3, -0.25) is 0 Å². The lowest BCUT2D eigenvalue weighted by Gasteiger charge is -2.14. The highest BCUT2D eigenvalue weighted by Gasteiger charge is 2.20. The van der Waals surface area contributed by atoms with Crippen molar-refractivity contribution in [3.05, 3.63) is 152 Å². The van der Waals surface area contributed by atoms with Crippen molar-refractivity contribution in [1.29, 1.82) is 0 Å². The molecule has 0 saturated carbocycles. The molecule has 0 aliphatic rings. The monoisotopic (exact) mass is 599 g/mol. The van der Waals surface area contributed by atoms with Crippen molar-refractivity contribution < 1.29 is 4.42 Å². The summed E-state index contributed by atoms with van der Waals surface area (Å²) in [6.07, 6.45) is 0. The van der Waals surface area contributed by atoms with Crippen LogP contribution in [0.25, 0.3) is 99.2 Å². The number of nitrogens with zero attached hydrogens (tertiary/aromatic N) is 3. The first-order valence-corrected chi connectivity index (χ1v) is 15.8. The van der Waals surface area contributed by atoms with E-state index in [2.05, 4.69) is 121 Å². The first kappa shape index (κ1) is 25.9. The van der Waals surface area contributed by atoms with Crippen LogP contribution in [0.1, 0.15) is 0 Å².